The van der Waals surface area contributed by atoms with Crippen molar-refractivity contribution < 1.29 is 14.4 Å². The lowest BCUT2D eigenvalue weighted by Crippen LogP contribution is -2.22. The Kier molecular flexibility index (Phi) is 1.90. The predicted octanol–water partition coefficient (Wildman–Crippen LogP) is 0.299. The van der Waals surface area contributed by atoms with E-state index in [1.807, 2.05) is 0 Å². The molecular formula is C6H10NO3P. The van der Waals surface area contributed by atoms with Crippen LogP contribution in [0.2, 0.25) is 0 Å². The molecule has 0 amide bonds. The highest BCUT2D eigenvalue weighted by molar-refractivity contribution is 7.19. The molecule has 0 spiro atoms. The van der Waals surface area contributed by atoms with Crippen LogP contribution < -0.4 is 5.90 Å². The molecule has 11 heavy (non-hydrogen) atoms. The molecule has 2 N–H and O–H groups in total. The van der Waals surface area contributed by atoms with Gasteiger partial charge in [-0.2, -0.15) is 5.90 Å². The molecule has 0 bridgehead atoms. The van der Waals surface area contributed by atoms with Crippen molar-refractivity contribution in [2.75, 3.05) is 0 Å². The normalized spacial score (nSPS) is 30.7. The van der Waals surface area contributed by atoms with Gasteiger partial charge in [0.25, 0.3) is 0 Å². The van der Waals surface area contributed by atoms with E-state index in [4.69, 9.17) is 10.6 Å². The number of ether oxygens (including phenoxy) is 1. The minimum absolute atomic E-state index is 0.368. The average Bonchev–Trinajstić information content (AvgIpc) is 2.03. The number of esters is 1. The van der Waals surface area contributed by atoms with Gasteiger partial charge >= 0.3 is 5.97 Å². The predicted molar refractivity (Wildman–Crippen MR) is 42.2 cm³/mol. The van der Waals surface area contributed by atoms with Crippen molar-refractivity contribution in [2.24, 2.45) is 5.90 Å². The fourth-order valence-electron chi connectivity index (χ4n) is 0.986. The van der Waals surface area contributed by atoms with E-state index in [0.29, 0.717) is 11.3 Å². The lowest BCUT2D eigenvalue weighted by Gasteiger charge is -2.18. The number of nitrogens with two attached hydrogens (primary N) is 1. The average molecular weight is 175 g/mol. The molecule has 2 unspecified atom stereocenters. The monoisotopic (exact) mass is 175 g/mol. The van der Waals surface area contributed by atoms with Crippen LogP contribution in [0.3, 0.4) is 0 Å². The summed E-state index contributed by atoms with van der Waals surface area (Å²) in [6.45, 7) is 3.30. The molecular weight excluding hydrogens is 165 g/mol. The number of carbonyl (C=O) groups is 1. The van der Waals surface area contributed by atoms with Gasteiger partial charge in [-0.15, -0.1) is 0 Å². The summed E-state index contributed by atoms with van der Waals surface area (Å²) in [5.74, 6) is 4.94. The van der Waals surface area contributed by atoms with Gasteiger partial charge < -0.3 is 9.57 Å². The minimum Gasteiger partial charge on any atom is -0.444 e. The van der Waals surface area contributed by atoms with Crippen LogP contribution in [-0.2, 0) is 14.4 Å². The van der Waals surface area contributed by atoms with Gasteiger partial charge in [0.05, 0.1) is 5.57 Å². The Labute approximate surface area is 66.9 Å². The smallest absolute Gasteiger partial charge is 0.338 e. The molecule has 0 aromatic heterocycles. The van der Waals surface area contributed by atoms with Gasteiger partial charge in [-0.3, -0.25) is 0 Å². The number of hydrogen-bond donors (Lipinski definition) is 1. The van der Waals surface area contributed by atoms with Crippen molar-refractivity contribution in [2.45, 2.75) is 19.2 Å². The van der Waals surface area contributed by atoms with E-state index in [1.54, 1.807) is 13.8 Å². The van der Waals surface area contributed by atoms with Crippen LogP contribution in [0.15, 0.2) is 11.3 Å². The highest BCUT2D eigenvalue weighted by Crippen LogP contribution is 2.37. The molecule has 1 rings (SSSR count). The molecule has 0 saturated carbocycles. The zero-order valence-electron chi connectivity index (χ0n) is 6.38. The highest BCUT2D eigenvalue weighted by Gasteiger charge is 2.40. The van der Waals surface area contributed by atoms with Crippen LogP contribution in [0.1, 0.15) is 13.8 Å². The van der Waals surface area contributed by atoms with Gasteiger partial charge in [-0.1, -0.05) is 9.24 Å². The number of carbonyl (C=O) groups excluding carboxylic acids is 1. The first-order chi connectivity index (χ1) is 4.99. The third kappa shape index (κ3) is 1.24. The molecule has 4 nitrogen and oxygen atoms in total. The second kappa shape index (κ2) is 2.47. The fourth-order valence-corrected chi connectivity index (χ4v) is 1.38. The third-order valence-corrected chi connectivity index (χ3v) is 1.90. The van der Waals surface area contributed by atoms with E-state index in [2.05, 4.69) is 14.1 Å². The van der Waals surface area contributed by atoms with Crippen LogP contribution in [-0.4, -0.2) is 11.3 Å². The number of hydrogen-bond acceptors (Lipinski definition) is 4. The molecule has 2 atom stereocenters. The third-order valence-electron chi connectivity index (χ3n) is 1.52. The lowest BCUT2D eigenvalue weighted by atomic mass is 10.2. The molecule has 0 aromatic rings. The summed E-state index contributed by atoms with van der Waals surface area (Å²) >= 11 is 0. The van der Waals surface area contributed by atoms with Crippen molar-refractivity contribution in [3.05, 3.63) is 11.3 Å². The van der Waals surface area contributed by atoms with Gasteiger partial charge in [0.2, 0.25) is 0 Å². The largest absolute Gasteiger partial charge is 0.444 e. The Morgan fingerprint density at radius 3 is 2.45 bits per heavy atom. The van der Waals surface area contributed by atoms with E-state index >= 15 is 0 Å². The topological polar surface area (TPSA) is 61.6 Å². The summed E-state index contributed by atoms with van der Waals surface area (Å²) < 4.78 is 4.91. The standard InChI is InChI=1S/C6H10NO3P/c1-3-4(10-7)6(2,11)9-5(3)8/h7,11H2,1-2H3. The second-order valence-electron chi connectivity index (χ2n) is 2.57. The molecule has 1 aliphatic heterocycles. The summed E-state index contributed by atoms with van der Waals surface area (Å²) in [6.07, 6.45) is 0. The summed E-state index contributed by atoms with van der Waals surface area (Å²) in [4.78, 5) is 15.5. The molecule has 0 saturated heterocycles. The van der Waals surface area contributed by atoms with Crippen molar-refractivity contribution in [3.63, 3.8) is 0 Å². The van der Waals surface area contributed by atoms with Crippen molar-refractivity contribution in [1.82, 2.24) is 0 Å². The first-order valence-electron chi connectivity index (χ1n) is 3.09. The molecule has 1 heterocycles. The number of cyclic esters (lactones) is 1. The van der Waals surface area contributed by atoms with Gasteiger partial charge in [0.1, 0.15) is 0 Å². The number of rotatable bonds is 1. The molecule has 1 aliphatic rings. The van der Waals surface area contributed by atoms with Crippen molar-refractivity contribution in [1.29, 1.82) is 0 Å². The zero-order valence-corrected chi connectivity index (χ0v) is 7.53. The van der Waals surface area contributed by atoms with E-state index in [1.165, 1.54) is 0 Å². The van der Waals surface area contributed by atoms with E-state index in [0.717, 1.165) is 0 Å². The Morgan fingerprint density at radius 2 is 2.27 bits per heavy atom. The fraction of sp³-hybridized carbons (Fsp3) is 0.500. The first-order valence-corrected chi connectivity index (χ1v) is 3.67. The summed E-state index contributed by atoms with van der Waals surface area (Å²) in [7, 11) is 2.36. The van der Waals surface area contributed by atoms with Gasteiger partial charge in [0.15, 0.2) is 11.1 Å². The molecule has 0 fully saturated rings. The van der Waals surface area contributed by atoms with Gasteiger partial charge in [0, 0.05) is 0 Å². The molecule has 5 heteroatoms. The lowest BCUT2D eigenvalue weighted by molar-refractivity contribution is -0.141. The summed E-state index contributed by atoms with van der Waals surface area (Å²) in [5.41, 5.74) is 0.421. The molecule has 0 radical (unpaired) electrons. The minimum atomic E-state index is -0.796. The van der Waals surface area contributed by atoms with Crippen LogP contribution >= 0.6 is 9.24 Å². The maximum absolute atomic E-state index is 10.9. The Bertz CT molecular complexity index is 234. The SMILES string of the molecule is CC1=C(ON)C(C)(P)OC1=O. The molecule has 0 aliphatic carbocycles. The maximum atomic E-state index is 10.9. The van der Waals surface area contributed by atoms with Gasteiger partial charge in [-0.05, 0) is 13.8 Å². The summed E-state index contributed by atoms with van der Waals surface area (Å²) in [5, 5.41) is -0.796. The van der Waals surface area contributed by atoms with E-state index < -0.39 is 5.34 Å². The van der Waals surface area contributed by atoms with Crippen LogP contribution in [0.25, 0.3) is 0 Å². The van der Waals surface area contributed by atoms with Crippen LogP contribution in [0, 0.1) is 0 Å². The Hall–Kier alpha value is -0.600. The summed E-state index contributed by atoms with van der Waals surface area (Å²) in [6, 6.07) is 0. The quantitative estimate of drug-likeness (QED) is 0.353. The van der Waals surface area contributed by atoms with Crippen LogP contribution in [0.4, 0.5) is 0 Å². The first kappa shape index (κ1) is 8.50. The van der Waals surface area contributed by atoms with Crippen molar-refractivity contribution >= 4 is 15.2 Å². The van der Waals surface area contributed by atoms with Crippen molar-refractivity contribution in [3.8, 4) is 0 Å². The molecule has 0 aromatic carbocycles. The van der Waals surface area contributed by atoms with E-state index in [9.17, 15) is 4.79 Å². The zero-order chi connectivity index (χ0) is 8.65. The van der Waals surface area contributed by atoms with E-state index in [-0.39, 0.29) is 5.97 Å². The maximum Gasteiger partial charge on any atom is 0.338 e. The second-order valence-corrected chi connectivity index (χ2v) is 3.67. The van der Waals surface area contributed by atoms with Crippen LogP contribution in [0.5, 0.6) is 0 Å². The Balaban J connectivity index is 3.06. The Morgan fingerprint density at radius 1 is 1.73 bits per heavy atom. The highest BCUT2D eigenvalue weighted by atomic mass is 31.0. The van der Waals surface area contributed by atoms with Gasteiger partial charge in [-0.25, -0.2) is 4.79 Å². The molecule has 62 valence electrons.